The van der Waals surface area contributed by atoms with E-state index in [1.807, 2.05) is 41.5 Å². The van der Waals surface area contributed by atoms with Crippen molar-refractivity contribution in [1.82, 2.24) is 10.2 Å². The fourth-order valence-corrected chi connectivity index (χ4v) is 1.94. The lowest BCUT2D eigenvalue weighted by Crippen LogP contribution is -2.58. The quantitative estimate of drug-likeness (QED) is 0.450. The largest absolute Gasteiger partial charge is 0.473 e. The molecule has 0 saturated carbocycles. The third-order valence-electron chi connectivity index (χ3n) is 2.99. The van der Waals surface area contributed by atoms with Crippen LogP contribution < -0.4 is 5.32 Å². The molecule has 1 amide bonds. The molecule has 0 bridgehead atoms. The van der Waals surface area contributed by atoms with Gasteiger partial charge in [0.15, 0.2) is 0 Å². The maximum Gasteiger partial charge on any atom is 0.414 e. The summed E-state index contributed by atoms with van der Waals surface area (Å²) in [7, 11) is 0. The fraction of sp³-hybridized carbons (Fsp3) is 0.765. The minimum Gasteiger partial charge on any atom is -0.473 e. The lowest BCUT2D eigenvalue weighted by molar-refractivity contribution is -0.160. The summed E-state index contributed by atoms with van der Waals surface area (Å²) in [6, 6.07) is -0.402. The van der Waals surface area contributed by atoms with Crippen LogP contribution in [0.5, 0.6) is 0 Å². The van der Waals surface area contributed by atoms with Crippen molar-refractivity contribution in [2.24, 2.45) is 0 Å². The Bertz CT molecular complexity index is 536. The molecule has 1 aliphatic heterocycles. The number of carbonyl (C=O) groups excluding carboxylic acids is 2. The van der Waals surface area contributed by atoms with Gasteiger partial charge in [0.05, 0.1) is 12.2 Å². The smallest absolute Gasteiger partial charge is 0.414 e. The average Bonchev–Trinajstić information content (AvgIpc) is 2.46. The highest BCUT2D eigenvalue weighted by Crippen LogP contribution is 2.11. The summed E-state index contributed by atoms with van der Waals surface area (Å²) in [5.74, 6) is -4.14. The molecule has 10 nitrogen and oxygen atoms in total. The molecule has 0 aromatic heterocycles. The molecule has 0 aliphatic carbocycles. The van der Waals surface area contributed by atoms with E-state index in [2.05, 4.69) is 5.32 Å². The molecule has 0 spiro atoms. The van der Waals surface area contributed by atoms with Crippen molar-refractivity contribution in [2.75, 3.05) is 26.2 Å². The Kier molecular flexibility index (Phi) is 9.38. The summed E-state index contributed by atoms with van der Waals surface area (Å²) in [6.45, 7) is 12.7. The molecule has 0 unspecified atom stereocenters. The van der Waals surface area contributed by atoms with Crippen LogP contribution >= 0.6 is 0 Å². The van der Waals surface area contributed by atoms with Gasteiger partial charge in [-0.25, -0.2) is 9.59 Å². The van der Waals surface area contributed by atoms with Gasteiger partial charge >= 0.3 is 17.9 Å². The molecular weight excluding hydrogens is 360 g/mol. The number of carboxylic acids is 2. The number of hydrogen-bond donors (Lipinski definition) is 3. The standard InChI is InChI=1S/C15H28N2O4.C2H2O4/c1-14(2,3)20-10-11-13(19)17(8-7-16-11)9-12(18)21-15(4,5)6;3-1(4)2(5)6/h11,16H,7-10H2,1-6H3;(H,3,4)(H,5,6)/t11-;/m0./s1. The van der Waals surface area contributed by atoms with Crippen LogP contribution in [0.15, 0.2) is 0 Å². The number of rotatable bonds is 4. The van der Waals surface area contributed by atoms with Gasteiger partial charge in [-0.3, -0.25) is 9.59 Å². The number of esters is 1. The van der Waals surface area contributed by atoms with Crippen LogP contribution in [0.1, 0.15) is 41.5 Å². The normalized spacial score (nSPS) is 17.6. The van der Waals surface area contributed by atoms with Crippen molar-refractivity contribution in [3.8, 4) is 0 Å². The van der Waals surface area contributed by atoms with E-state index >= 15 is 0 Å². The van der Waals surface area contributed by atoms with Gasteiger partial charge in [0.25, 0.3) is 0 Å². The zero-order valence-corrected chi connectivity index (χ0v) is 16.7. The predicted molar refractivity (Wildman–Crippen MR) is 95.2 cm³/mol. The fourth-order valence-electron chi connectivity index (χ4n) is 1.94. The molecule has 27 heavy (non-hydrogen) atoms. The lowest BCUT2D eigenvalue weighted by atomic mass is 10.1. The summed E-state index contributed by atoms with van der Waals surface area (Å²) >= 11 is 0. The number of carboxylic acid groups (broad SMARTS) is 2. The molecule has 3 N–H and O–H groups in total. The zero-order valence-electron chi connectivity index (χ0n) is 16.7. The van der Waals surface area contributed by atoms with Crippen molar-refractivity contribution in [2.45, 2.75) is 58.8 Å². The Morgan fingerprint density at radius 1 is 1.07 bits per heavy atom. The zero-order chi connectivity index (χ0) is 21.4. The molecule has 1 saturated heterocycles. The highest BCUT2D eigenvalue weighted by atomic mass is 16.6. The molecule has 1 aliphatic rings. The number of nitrogens with zero attached hydrogens (tertiary/aromatic N) is 1. The van der Waals surface area contributed by atoms with Crippen molar-refractivity contribution in [3.05, 3.63) is 0 Å². The van der Waals surface area contributed by atoms with E-state index in [9.17, 15) is 9.59 Å². The van der Waals surface area contributed by atoms with Crippen molar-refractivity contribution < 1.29 is 38.9 Å². The van der Waals surface area contributed by atoms with Crippen LogP contribution in [-0.2, 0) is 28.7 Å². The Hall–Kier alpha value is -2.20. The molecule has 1 fully saturated rings. The highest BCUT2D eigenvalue weighted by molar-refractivity contribution is 6.27. The second-order valence-electron chi connectivity index (χ2n) is 7.89. The van der Waals surface area contributed by atoms with Crippen LogP contribution in [-0.4, -0.2) is 82.4 Å². The van der Waals surface area contributed by atoms with E-state index < -0.39 is 23.6 Å². The summed E-state index contributed by atoms with van der Waals surface area (Å²) in [5.41, 5.74) is -0.835. The van der Waals surface area contributed by atoms with Gasteiger partial charge in [-0.15, -0.1) is 0 Å². The first-order chi connectivity index (χ1) is 12.1. The van der Waals surface area contributed by atoms with E-state index in [0.717, 1.165) is 0 Å². The molecule has 0 aromatic carbocycles. The second kappa shape index (κ2) is 10.2. The number of carbonyl (C=O) groups is 4. The number of piperazine rings is 1. The van der Waals surface area contributed by atoms with E-state index in [1.54, 1.807) is 0 Å². The molecule has 0 radical (unpaired) electrons. The van der Waals surface area contributed by atoms with Gasteiger partial charge in [-0.1, -0.05) is 0 Å². The first-order valence-corrected chi connectivity index (χ1v) is 8.46. The molecule has 1 atom stereocenters. The van der Waals surface area contributed by atoms with Gasteiger partial charge in [-0.05, 0) is 41.5 Å². The topological polar surface area (TPSA) is 142 Å². The van der Waals surface area contributed by atoms with Gasteiger partial charge in [0, 0.05) is 13.1 Å². The van der Waals surface area contributed by atoms with Gasteiger partial charge in [-0.2, -0.15) is 0 Å². The van der Waals surface area contributed by atoms with E-state index in [-0.39, 0.29) is 24.0 Å². The highest BCUT2D eigenvalue weighted by Gasteiger charge is 2.31. The first kappa shape index (κ1) is 24.8. The first-order valence-electron chi connectivity index (χ1n) is 8.46. The number of ether oxygens (including phenoxy) is 2. The van der Waals surface area contributed by atoms with Crippen molar-refractivity contribution in [1.29, 1.82) is 0 Å². The Morgan fingerprint density at radius 2 is 1.59 bits per heavy atom. The van der Waals surface area contributed by atoms with Gasteiger partial charge < -0.3 is 29.9 Å². The number of aliphatic carboxylic acids is 2. The van der Waals surface area contributed by atoms with E-state index in [0.29, 0.717) is 19.7 Å². The third kappa shape index (κ3) is 11.9. The van der Waals surface area contributed by atoms with Crippen molar-refractivity contribution in [3.63, 3.8) is 0 Å². The van der Waals surface area contributed by atoms with Gasteiger partial charge in [0.2, 0.25) is 5.91 Å². The van der Waals surface area contributed by atoms with Crippen molar-refractivity contribution >= 4 is 23.8 Å². The molecule has 1 heterocycles. The maximum atomic E-state index is 12.3. The molecule has 156 valence electrons. The maximum absolute atomic E-state index is 12.3. The summed E-state index contributed by atoms with van der Waals surface area (Å²) < 4.78 is 10.9. The average molecular weight is 390 g/mol. The van der Waals surface area contributed by atoms with E-state index in [4.69, 9.17) is 29.3 Å². The van der Waals surface area contributed by atoms with Crippen LogP contribution in [0.2, 0.25) is 0 Å². The third-order valence-corrected chi connectivity index (χ3v) is 2.99. The monoisotopic (exact) mass is 390 g/mol. The minimum atomic E-state index is -1.82. The molecule has 10 heteroatoms. The Labute approximate surface area is 158 Å². The SMILES string of the molecule is CC(C)(C)OC[C@@H]1NCCN(CC(=O)OC(C)(C)C)C1=O.O=C(O)C(=O)O. The summed E-state index contributed by atoms with van der Waals surface area (Å²) in [6.07, 6.45) is 0. The Morgan fingerprint density at radius 3 is 2.00 bits per heavy atom. The van der Waals surface area contributed by atoms with Crippen LogP contribution in [0.3, 0.4) is 0 Å². The second-order valence-corrected chi connectivity index (χ2v) is 7.89. The molecule has 1 rings (SSSR count). The number of amides is 1. The van der Waals surface area contributed by atoms with Crippen LogP contribution in [0.25, 0.3) is 0 Å². The molecular formula is C17H30N2O8. The van der Waals surface area contributed by atoms with E-state index in [1.165, 1.54) is 4.90 Å². The minimum absolute atomic E-state index is 0.0101. The predicted octanol–water partition coefficient (Wildman–Crippen LogP) is 0.0992. The molecule has 0 aromatic rings. The van der Waals surface area contributed by atoms with Crippen LogP contribution in [0.4, 0.5) is 0 Å². The van der Waals surface area contributed by atoms with Crippen LogP contribution in [0, 0.1) is 0 Å². The number of hydrogen-bond acceptors (Lipinski definition) is 7. The summed E-state index contributed by atoms with van der Waals surface area (Å²) in [4.78, 5) is 43.9. The number of nitrogens with one attached hydrogen (secondary N) is 1. The van der Waals surface area contributed by atoms with Gasteiger partial charge in [0.1, 0.15) is 18.2 Å². The summed E-state index contributed by atoms with van der Waals surface area (Å²) in [5, 5.41) is 17.9. The Balaban J connectivity index is 0.000000972. The lowest BCUT2D eigenvalue weighted by Gasteiger charge is -2.34.